The van der Waals surface area contributed by atoms with Gasteiger partial charge < -0.3 is 9.64 Å². The molecule has 8 heteroatoms. The van der Waals surface area contributed by atoms with Crippen LogP contribution in [0, 0.1) is 13.8 Å². The van der Waals surface area contributed by atoms with Crippen LogP contribution in [0.15, 0.2) is 42.5 Å². The number of ether oxygens (including phenoxy) is 1. The van der Waals surface area contributed by atoms with Crippen molar-refractivity contribution in [3.8, 4) is 5.75 Å². The molecule has 1 aliphatic heterocycles. The van der Waals surface area contributed by atoms with Crippen molar-refractivity contribution < 1.29 is 4.74 Å². The van der Waals surface area contributed by atoms with Gasteiger partial charge >= 0.3 is 0 Å². The van der Waals surface area contributed by atoms with Crippen LogP contribution in [0.25, 0.3) is 0 Å². The second kappa shape index (κ2) is 10.7. The summed E-state index contributed by atoms with van der Waals surface area (Å²) in [5, 5.41) is 12.9. The van der Waals surface area contributed by atoms with Crippen molar-refractivity contribution in [2.75, 3.05) is 37.7 Å². The van der Waals surface area contributed by atoms with Crippen LogP contribution < -0.4 is 9.64 Å². The number of aryl methyl sites for hydroxylation is 1. The number of hydrogen-bond donors (Lipinski definition) is 0. The molecule has 1 aliphatic rings. The van der Waals surface area contributed by atoms with Gasteiger partial charge in [-0.3, -0.25) is 4.90 Å². The second-order valence-electron chi connectivity index (χ2n) is 9.77. The average molecular weight is 485 g/mol. The van der Waals surface area contributed by atoms with Gasteiger partial charge in [0.1, 0.15) is 5.75 Å². The van der Waals surface area contributed by atoms with E-state index in [1.54, 1.807) is 0 Å². The molecule has 1 atom stereocenters. The van der Waals surface area contributed by atoms with E-state index in [1.165, 1.54) is 22.4 Å². The number of halogens is 1. The lowest BCUT2D eigenvalue weighted by Gasteiger charge is -2.41. The first kappa shape index (κ1) is 26.0. The summed E-state index contributed by atoms with van der Waals surface area (Å²) in [6.45, 7) is 17.3. The maximum Gasteiger partial charge on any atom is 0.173 e. The van der Waals surface area contributed by atoms with Gasteiger partial charge in [-0.2, -0.15) is 0 Å². The largest absolute Gasteiger partial charge is 0.494 e. The number of benzene rings is 2. The van der Waals surface area contributed by atoms with E-state index in [9.17, 15) is 0 Å². The van der Waals surface area contributed by atoms with Crippen LogP contribution in [0.1, 0.15) is 56.3 Å². The molecule has 3 aromatic rings. The van der Waals surface area contributed by atoms with Crippen molar-refractivity contribution in [1.29, 1.82) is 0 Å². The molecule has 34 heavy (non-hydrogen) atoms. The van der Waals surface area contributed by atoms with E-state index < -0.39 is 0 Å². The topological polar surface area (TPSA) is 59.3 Å². The van der Waals surface area contributed by atoms with Crippen molar-refractivity contribution in [3.05, 3.63) is 65.0 Å². The van der Waals surface area contributed by atoms with Gasteiger partial charge in [0.05, 0.1) is 18.2 Å². The van der Waals surface area contributed by atoms with Crippen molar-refractivity contribution in [1.82, 2.24) is 25.1 Å². The molecule has 1 aromatic heterocycles. The third-order valence-electron chi connectivity index (χ3n) is 6.48. The third kappa shape index (κ3) is 5.36. The van der Waals surface area contributed by atoms with Crippen LogP contribution in [0.2, 0.25) is 0 Å². The molecule has 4 rings (SSSR count). The number of aromatic nitrogens is 4. The molecule has 0 spiro atoms. The molecule has 2 aromatic carbocycles. The molecule has 0 bridgehead atoms. The maximum atomic E-state index is 5.67. The zero-order chi connectivity index (χ0) is 23.6. The molecule has 0 N–H and O–H groups in total. The summed E-state index contributed by atoms with van der Waals surface area (Å²) in [5.74, 6) is 1.77. The van der Waals surface area contributed by atoms with Gasteiger partial charge in [-0.05, 0) is 86.9 Å². The number of piperazine rings is 1. The first-order valence-corrected chi connectivity index (χ1v) is 11.9. The normalized spacial score (nSPS) is 15.6. The minimum Gasteiger partial charge on any atom is -0.494 e. The summed E-state index contributed by atoms with van der Waals surface area (Å²) in [4.78, 5) is 5.01. The Morgan fingerprint density at radius 3 is 2.26 bits per heavy atom. The lowest BCUT2D eigenvalue weighted by atomic mass is 10.0. The number of hydrogen-bond acceptors (Lipinski definition) is 6. The summed E-state index contributed by atoms with van der Waals surface area (Å²) in [6.07, 6.45) is 0. The average Bonchev–Trinajstić information content (AvgIpc) is 3.28. The molecular formula is C26H37ClN6O. The number of anilines is 1. The number of rotatable bonds is 6. The predicted octanol–water partition coefficient (Wildman–Crippen LogP) is 4.78. The highest BCUT2D eigenvalue weighted by Crippen LogP contribution is 2.33. The highest BCUT2D eigenvalue weighted by Gasteiger charge is 2.33. The molecule has 1 unspecified atom stereocenters. The van der Waals surface area contributed by atoms with Crippen LogP contribution in [-0.2, 0) is 5.54 Å². The Balaban J connectivity index is 0.00000324. The second-order valence-corrected chi connectivity index (χ2v) is 9.77. The van der Waals surface area contributed by atoms with Gasteiger partial charge in [0.2, 0.25) is 0 Å². The molecule has 7 nitrogen and oxygen atoms in total. The number of tetrazole rings is 1. The Bertz CT molecular complexity index is 1070. The van der Waals surface area contributed by atoms with Crippen LogP contribution in [0.4, 0.5) is 5.69 Å². The summed E-state index contributed by atoms with van der Waals surface area (Å²) < 4.78 is 7.64. The summed E-state index contributed by atoms with van der Waals surface area (Å²) in [6, 6.07) is 14.9. The Labute approximate surface area is 209 Å². The van der Waals surface area contributed by atoms with E-state index in [-0.39, 0.29) is 24.0 Å². The third-order valence-corrected chi connectivity index (χ3v) is 6.48. The van der Waals surface area contributed by atoms with E-state index in [1.807, 2.05) is 23.7 Å². The fourth-order valence-electron chi connectivity index (χ4n) is 4.58. The minimum absolute atomic E-state index is 0. The summed E-state index contributed by atoms with van der Waals surface area (Å²) >= 11 is 0. The van der Waals surface area contributed by atoms with Crippen LogP contribution in [-0.4, -0.2) is 57.9 Å². The molecule has 2 heterocycles. The fourth-order valence-corrected chi connectivity index (χ4v) is 4.58. The van der Waals surface area contributed by atoms with Gasteiger partial charge in [0.25, 0.3) is 0 Å². The lowest BCUT2D eigenvalue weighted by Crippen LogP contribution is -2.49. The lowest BCUT2D eigenvalue weighted by molar-refractivity contribution is 0.191. The SMILES string of the molecule is CCOc1ccc(C(c2nnnn2C(C)(C)C)N2CCN(c3cccc(C)c3C)CC2)cc1.Cl. The van der Waals surface area contributed by atoms with Gasteiger partial charge in [-0.1, -0.05) is 24.3 Å². The molecule has 0 amide bonds. The summed E-state index contributed by atoms with van der Waals surface area (Å²) in [7, 11) is 0. The van der Waals surface area contributed by atoms with Gasteiger partial charge in [-0.25, -0.2) is 4.68 Å². The van der Waals surface area contributed by atoms with Crippen LogP contribution >= 0.6 is 12.4 Å². The monoisotopic (exact) mass is 484 g/mol. The molecule has 0 saturated carbocycles. The van der Waals surface area contributed by atoms with E-state index in [2.05, 4.69) is 90.3 Å². The van der Waals surface area contributed by atoms with E-state index in [0.29, 0.717) is 6.61 Å². The maximum absolute atomic E-state index is 5.67. The summed E-state index contributed by atoms with van der Waals surface area (Å²) in [5.41, 5.74) is 5.02. The first-order valence-electron chi connectivity index (χ1n) is 11.9. The van der Waals surface area contributed by atoms with Crippen molar-refractivity contribution in [2.24, 2.45) is 0 Å². The number of nitrogens with zero attached hydrogens (tertiary/aromatic N) is 6. The zero-order valence-corrected chi connectivity index (χ0v) is 22.0. The van der Waals surface area contributed by atoms with Gasteiger partial charge in [-0.15, -0.1) is 17.5 Å². The molecular weight excluding hydrogens is 448 g/mol. The van der Waals surface area contributed by atoms with Crippen LogP contribution in [0.5, 0.6) is 5.75 Å². The van der Waals surface area contributed by atoms with E-state index in [0.717, 1.165) is 37.8 Å². The van der Waals surface area contributed by atoms with Gasteiger partial charge in [0.15, 0.2) is 5.82 Å². The van der Waals surface area contributed by atoms with E-state index >= 15 is 0 Å². The Hall–Kier alpha value is -2.64. The zero-order valence-electron chi connectivity index (χ0n) is 21.2. The highest BCUT2D eigenvalue weighted by atomic mass is 35.5. The van der Waals surface area contributed by atoms with Gasteiger partial charge in [0, 0.05) is 31.9 Å². The molecule has 184 valence electrons. The Kier molecular flexibility index (Phi) is 8.21. The van der Waals surface area contributed by atoms with Crippen molar-refractivity contribution in [2.45, 2.75) is 53.1 Å². The minimum atomic E-state index is -0.206. The Morgan fingerprint density at radius 1 is 0.971 bits per heavy atom. The smallest absolute Gasteiger partial charge is 0.173 e. The highest BCUT2D eigenvalue weighted by molar-refractivity contribution is 5.85. The van der Waals surface area contributed by atoms with Crippen molar-refractivity contribution >= 4 is 18.1 Å². The molecule has 1 saturated heterocycles. The standard InChI is InChI=1S/C26H36N6O.ClH/c1-7-33-22-13-11-21(12-14-22)24(25-27-28-29-32(25)26(4,5)6)31-17-15-30(16-18-31)23-10-8-9-19(2)20(23)3;/h8-14,24H,7,15-18H2,1-6H3;1H. The van der Waals surface area contributed by atoms with Crippen LogP contribution in [0.3, 0.4) is 0 Å². The first-order chi connectivity index (χ1) is 15.8. The molecule has 0 aliphatic carbocycles. The fraction of sp³-hybridized carbons (Fsp3) is 0.500. The molecule has 1 fully saturated rings. The molecule has 0 radical (unpaired) electrons. The predicted molar refractivity (Wildman–Crippen MR) is 139 cm³/mol. The quantitative estimate of drug-likeness (QED) is 0.502. The van der Waals surface area contributed by atoms with Crippen molar-refractivity contribution in [3.63, 3.8) is 0 Å². The van der Waals surface area contributed by atoms with E-state index in [4.69, 9.17) is 4.74 Å². The Morgan fingerprint density at radius 2 is 1.65 bits per heavy atom.